The molecule has 98 valence electrons. The molecule has 2 aromatic rings. The number of halogens is 1. The van der Waals surface area contributed by atoms with Gasteiger partial charge in [0, 0.05) is 10.9 Å². The first kappa shape index (κ1) is 12.7. The third-order valence-corrected chi connectivity index (χ3v) is 6.34. The van der Waals surface area contributed by atoms with Crippen LogP contribution in [0.4, 0.5) is 0 Å². The molecule has 0 amide bonds. The molecule has 0 saturated heterocycles. The van der Waals surface area contributed by atoms with Gasteiger partial charge in [-0.05, 0) is 30.2 Å². The summed E-state index contributed by atoms with van der Waals surface area (Å²) in [6.45, 7) is 1.75. The van der Waals surface area contributed by atoms with Crippen molar-refractivity contribution in [1.29, 1.82) is 0 Å². The minimum absolute atomic E-state index is 0.185. The Morgan fingerprint density at radius 2 is 1.53 bits per heavy atom. The summed E-state index contributed by atoms with van der Waals surface area (Å²) in [6.07, 6.45) is 0. The van der Waals surface area contributed by atoms with Gasteiger partial charge in [0.1, 0.15) is 0 Å². The van der Waals surface area contributed by atoms with Gasteiger partial charge in [-0.25, -0.2) is 8.42 Å². The van der Waals surface area contributed by atoms with Crippen molar-refractivity contribution in [2.45, 2.75) is 23.0 Å². The van der Waals surface area contributed by atoms with Gasteiger partial charge in [-0.2, -0.15) is 0 Å². The van der Waals surface area contributed by atoms with Crippen LogP contribution in [-0.4, -0.2) is 13.7 Å². The van der Waals surface area contributed by atoms with E-state index in [0.29, 0.717) is 9.92 Å². The predicted octanol–water partition coefficient (Wildman–Crippen LogP) is 3.65. The zero-order valence-electron chi connectivity index (χ0n) is 10.4. The second-order valence-corrected chi connectivity index (χ2v) is 7.47. The molecule has 0 saturated carbocycles. The minimum atomic E-state index is -3.26. The smallest absolute Gasteiger partial charge is 0.182 e. The Morgan fingerprint density at radius 1 is 0.947 bits per heavy atom. The summed E-state index contributed by atoms with van der Waals surface area (Å²) in [5.41, 5.74) is 1.73. The maximum Gasteiger partial charge on any atom is 0.182 e. The summed E-state index contributed by atoms with van der Waals surface area (Å²) in [7, 11) is -3.26. The van der Waals surface area contributed by atoms with Crippen LogP contribution in [0.1, 0.15) is 24.0 Å². The molecule has 0 bridgehead atoms. The number of sulfone groups is 1. The van der Waals surface area contributed by atoms with Crippen LogP contribution in [0.3, 0.4) is 0 Å². The first-order chi connectivity index (χ1) is 9.03. The fraction of sp³-hybridized carbons (Fsp3) is 0.200. The summed E-state index contributed by atoms with van der Waals surface area (Å²) in [5, 5.41) is 0.135. The van der Waals surface area contributed by atoms with Gasteiger partial charge in [-0.3, -0.25) is 0 Å². The van der Waals surface area contributed by atoms with Gasteiger partial charge < -0.3 is 0 Å². The second kappa shape index (κ2) is 4.36. The molecule has 3 rings (SSSR count). The summed E-state index contributed by atoms with van der Waals surface area (Å²) in [5.74, 6) is -0.185. The van der Waals surface area contributed by atoms with Crippen molar-refractivity contribution in [2.24, 2.45) is 0 Å². The lowest BCUT2D eigenvalue weighted by Gasteiger charge is -2.17. The van der Waals surface area contributed by atoms with Crippen molar-refractivity contribution in [1.82, 2.24) is 0 Å². The zero-order valence-corrected chi connectivity index (χ0v) is 11.9. The lowest BCUT2D eigenvalue weighted by Crippen LogP contribution is -2.18. The van der Waals surface area contributed by atoms with E-state index in [1.54, 1.807) is 25.1 Å². The van der Waals surface area contributed by atoms with Crippen LogP contribution in [-0.2, 0) is 9.84 Å². The van der Waals surface area contributed by atoms with Gasteiger partial charge in [0.15, 0.2) is 9.84 Å². The van der Waals surface area contributed by atoms with E-state index in [4.69, 9.17) is 11.6 Å². The number of hydrogen-bond acceptors (Lipinski definition) is 2. The zero-order chi connectivity index (χ0) is 13.6. The van der Waals surface area contributed by atoms with Gasteiger partial charge in [0.2, 0.25) is 0 Å². The maximum absolute atomic E-state index is 12.4. The van der Waals surface area contributed by atoms with Gasteiger partial charge in [0.05, 0.1) is 10.1 Å². The predicted molar refractivity (Wildman–Crippen MR) is 76.4 cm³/mol. The monoisotopic (exact) mass is 292 g/mol. The lowest BCUT2D eigenvalue weighted by atomic mass is 9.89. The highest BCUT2D eigenvalue weighted by Gasteiger charge is 2.43. The molecule has 1 aliphatic rings. The van der Waals surface area contributed by atoms with Gasteiger partial charge >= 0.3 is 0 Å². The molecule has 2 atom stereocenters. The number of rotatable bonds is 1. The first-order valence-corrected chi connectivity index (χ1v) is 8.03. The molecule has 19 heavy (non-hydrogen) atoms. The Morgan fingerprint density at radius 3 is 2.21 bits per heavy atom. The van der Waals surface area contributed by atoms with E-state index >= 15 is 0 Å². The first-order valence-electron chi connectivity index (χ1n) is 6.10. The summed E-state index contributed by atoms with van der Waals surface area (Å²) >= 11 is 6.23. The Hall–Kier alpha value is -1.32. The molecule has 0 spiro atoms. The normalized spacial score (nSPS) is 24.1. The molecule has 2 aromatic carbocycles. The van der Waals surface area contributed by atoms with Crippen molar-refractivity contribution < 1.29 is 8.42 Å². The number of benzene rings is 2. The largest absolute Gasteiger partial charge is 0.223 e. The van der Waals surface area contributed by atoms with Crippen molar-refractivity contribution in [2.75, 3.05) is 0 Å². The number of fused-ring (bicyclic) bond motifs is 1. The highest BCUT2D eigenvalue weighted by molar-refractivity contribution is 7.92. The Labute approximate surface area is 118 Å². The summed E-state index contributed by atoms with van der Waals surface area (Å²) in [6, 6.07) is 14.6. The van der Waals surface area contributed by atoms with E-state index in [9.17, 15) is 8.42 Å². The van der Waals surface area contributed by atoms with Crippen LogP contribution in [0.2, 0.25) is 5.02 Å². The molecule has 0 N–H and O–H groups in total. The molecule has 0 aromatic heterocycles. The summed E-state index contributed by atoms with van der Waals surface area (Å²) < 4.78 is 24.9. The maximum atomic E-state index is 12.4. The molecule has 0 fully saturated rings. The average Bonchev–Trinajstić information content (AvgIpc) is 2.60. The SMILES string of the molecule is CC1C(c2ccccc2Cl)c2ccccc2S1(=O)=O. The van der Waals surface area contributed by atoms with E-state index < -0.39 is 15.1 Å². The fourth-order valence-electron chi connectivity index (χ4n) is 2.78. The van der Waals surface area contributed by atoms with Gasteiger partial charge in [-0.1, -0.05) is 48.0 Å². The van der Waals surface area contributed by atoms with E-state index in [2.05, 4.69) is 0 Å². The third-order valence-electron chi connectivity index (χ3n) is 3.76. The van der Waals surface area contributed by atoms with Crippen molar-refractivity contribution >= 4 is 21.4 Å². The van der Waals surface area contributed by atoms with Crippen LogP contribution < -0.4 is 0 Å². The minimum Gasteiger partial charge on any atom is -0.223 e. The van der Waals surface area contributed by atoms with Crippen LogP contribution in [0.5, 0.6) is 0 Å². The fourth-order valence-corrected chi connectivity index (χ4v) is 4.87. The van der Waals surface area contributed by atoms with Crippen LogP contribution >= 0.6 is 11.6 Å². The molecular weight excluding hydrogens is 280 g/mol. The quantitative estimate of drug-likeness (QED) is 0.804. The van der Waals surface area contributed by atoms with Crippen molar-refractivity contribution in [3.05, 3.63) is 64.7 Å². The third kappa shape index (κ3) is 1.80. The van der Waals surface area contributed by atoms with Gasteiger partial charge in [-0.15, -0.1) is 0 Å². The topological polar surface area (TPSA) is 34.1 Å². The molecular formula is C15H13ClO2S. The highest BCUT2D eigenvalue weighted by Crippen LogP contribution is 2.45. The lowest BCUT2D eigenvalue weighted by molar-refractivity contribution is 0.586. The Bertz CT molecular complexity index is 737. The van der Waals surface area contributed by atoms with Crippen molar-refractivity contribution in [3.63, 3.8) is 0 Å². The van der Waals surface area contributed by atoms with E-state index in [1.807, 2.05) is 30.3 Å². The standard InChI is InChI=1S/C15H13ClO2S/c1-10-15(11-6-2-4-8-13(11)16)12-7-3-5-9-14(12)19(10,17)18/h2-10,15H,1H3. The Balaban J connectivity index is 2.27. The Kier molecular flexibility index (Phi) is 2.91. The highest BCUT2D eigenvalue weighted by atomic mass is 35.5. The second-order valence-electron chi connectivity index (χ2n) is 4.79. The van der Waals surface area contributed by atoms with Crippen LogP contribution in [0.15, 0.2) is 53.4 Å². The molecule has 2 unspecified atom stereocenters. The number of hydrogen-bond donors (Lipinski definition) is 0. The summed E-state index contributed by atoms with van der Waals surface area (Å²) in [4.78, 5) is 0.437. The van der Waals surface area contributed by atoms with Crippen LogP contribution in [0.25, 0.3) is 0 Å². The molecule has 4 heteroatoms. The van der Waals surface area contributed by atoms with E-state index in [1.165, 1.54) is 0 Å². The molecule has 2 nitrogen and oxygen atoms in total. The molecule has 0 radical (unpaired) electrons. The molecule has 1 heterocycles. The van der Waals surface area contributed by atoms with Crippen LogP contribution in [0, 0.1) is 0 Å². The average molecular weight is 293 g/mol. The van der Waals surface area contributed by atoms with E-state index in [0.717, 1.165) is 11.1 Å². The van der Waals surface area contributed by atoms with E-state index in [-0.39, 0.29) is 5.92 Å². The molecule has 1 aliphatic heterocycles. The van der Waals surface area contributed by atoms with Crippen molar-refractivity contribution in [3.8, 4) is 0 Å². The molecule has 0 aliphatic carbocycles. The van der Waals surface area contributed by atoms with Gasteiger partial charge in [0.25, 0.3) is 0 Å².